The summed E-state index contributed by atoms with van der Waals surface area (Å²) < 4.78 is 42.6. The molecule has 0 radical (unpaired) electrons. The predicted octanol–water partition coefficient (Wildman–Crippen LogP) is 4.82. The van der Waals surface area contributed by atoms with Crippen molar-refractivity contribution < 1.29 is 32.3 Å². The van der Waals surface area contributed by atoms with Gasteiger partial charge in [0, 0.05) is 31.7 Å². The highest BCUT2D eigenvalue weighted by Crippen LogP contribution is 2.23. The smallest absolute Gasteiger partial charge is 0.422 e. The van der Waals surface area contributed by atoms with Crippen LogP contribution in [-0.4, -0.2) is 43.6 Å². The first-order chi connectivity index (χ1) is 22.1. The van der Waals surface area contributed by atoms with E-state index in [2.05, 4.69) is 16.0 Å². The monoisotopic (exact) mass is 632 g/mol. The van der Waals surface area contributed by atoms with E-state index < -0.39 is 36.4 Å². The summed E-state index contributed by atoms with van der Waals surface area (Å²) >= 11 is 0. The lowest BCUT2D eigenvalue weighted by Gasteiger charge is -2.22. The topological polar surface area (TPSA) is 123 Å². The highest BCUT2D eigenvalue weighted by atomic mass is 19.4. The van der Waals surface area contributed by atoms with Gasteiger partial charge >= 0.3 is 6.18 Å². The Morgan fingerprint density at radius 3 is 1.76 bits per heavy atom. The molecule has 4 aromatic carbocycles. The fourth-order valence-corrected chi connectivity index (χ4v) is 4.69. The number of halogens is 3. The van der Waals surface area contributed by atoms with Crippen molar-refractivity contribution in [3.63, 3.8) is 0 Å². The number of carbonyl (C=O) groups excluding carboxylic acids is 3. The van der Waals surface area contributed by atoms with Gasteiger partial charge < -0.3 is 26.4 Å². The Morgan fingerprint density at radius 1 is 0.652 bits per heavy atom. The van der Waals surface area contributed by atoms with E-state index in [1.54, 1.807) is 54.6 Å². The molecule has 3 amide bonds. The van der Waals surface area contributed by atoms with Crippen molar-refractivity contribution in [3.8, 4) is 5.75 Å². The van der Waals surface area contributed by atoms with Crippen LogP contribution >= 0.6 is 0 Å². The van der Waals surface area contributed by atoms with Gasteiger partial charge in [0.1, 0.15) is 5.75 Å². The summed E-state index contributed by atoms with van der Waals surface area (Å²) in [5.41, 5.74) is 9.05. The molecule has 46 heavy (non-hydrogen) atoms. The number of hydrogen-bond acceptors (Lipinski definition) is 5. The number of ether oxygens (including phenoxy) is 1. The molecule has 0 bridgehead atoms. The van der Waals surface area contributed by atoms with Crippen LogP contribution in [0, 0.1) is 0 Å². The number of carbonyl (C=O) groups is 3. The molecule has 4 aromatic rings. The Hall–Kier alpha value is -5.16. The summed E-state index contributed by atoms with van der Waals surface area (Å²) in [6, 6.07) is 30.6. The molecule has 5 N–H and O–H groups in total. The maximum atomic E-state index is 13.6. The quantitative estimate of drug-likeness (QED) is 0.159. The maximum absolute atomic E-state index is 13.6. The predicted molar refractivity (Wildman–Crippen MR) is 168 cm³/mol. The first kappa shape index (κ1) is 33.7. The van der Waals surface area contributed by atoms with E-state index in [0.717, 1.165) is 11.1 Å². The highest BCUT2D eigenvalue weighted by Gasteiger charge is 2.29. The molecule has 4 rings (SSSR count). The summed E-state index contributed by atoms with van der Waals surface area (Å²) in [5, 5.41) is 8.55. The van der Waals surface area contributed by atoms with Gasteiger partial charge in [-0.1, -0.05) is 84.9 Å². The average molecular weight is 633 g/mol. The van der Waals surface area contributed by atoms with Crippen molar-refractivity contribution in [2.24, 2.45) is 5.73 Å². The molecular formula is C35H35F3N4O4. The molecule has 0 saturated carbocycles. The zero-order chi connectivity index (χ0) is 32.9. The third kappa shape index (κ3) is 10.2. The lowest BCUT2D eigenvalue weighted by atomic mass is 9.95. The minimum Gasteiger partial charge on any atom is -0.484 e. The number of amides is 3. The lowest BCUT2D eigenvalue weighted by Crippen LogP contribution is -2.41. The number of rotatable bonds is 14. The lowest BCUT2D eigenvalue weighted by molar-refractivity contribution is -0.153. The number of nitrogens with two attached hydrogens (primary N) is 1. The summed E-state index contributed by atoms with van der Waals surface area (Å²) in [5.74, 6) is -2.86. The third-order valence-electron chi connectivity index (χ3n) is 7.23. The van der Waals surface area contributed by atoms with Crippen molar-refractivity contribution in [3.05, 3.63) is 137 Å². The van der Waals surface area contributed by atoms with Crippen molar-refractivity contribution in [2.45, 2.75) is 31.1 Å². The van der Waals surface area contributed by atoms with E-state index in [-0.39, 0.29) is 31.3 Å². The Morgan fingerprint density at radius 2 is 1.17 bits per heavy atom. The summed E-state index contributed by atoms with van der Waals surface area (Å²) in [4.78, 5) is 39.8. The molecular weight excluding hydrogens is 597 g/mol. The van der Waals surface area contributed by atoms with Gasteiger partial charge in [-0.3, -0.25) is 14.4 Å². The van der Waals surface area contributed by atoms with Crippen LogP contribution in [0.15, 0.2) is 109 Å². The van der Waals surface area contributed by atoms with Crippen LogP contribution in [0.2, 0.25) is 0 Å². The maximum Gasteiger partial charge on any atom is 0.422 e. The van der Waals surface area contributed by atoms with Crippen molar-refractivity contribution >= 4 is 17.7 Å². The first-order valence-corrected chi connectivity index (χ1v) is 14.6. The second kappa shape index (κ2) is 16.2. The van der Waals surface area contributed by atoms with Crippen molar-refractivity contribution in [2.75, 3.05) is 19.7 Å². The molecule has 0 aromatic heterocycles. The number of benzene rings is 4. The normalized spacial score (nSPS) is 12.4. The number of alkyl halides is 3. The van der Waals surface area contributed by atoms with E-state index in [9.17, 15) is 27.6 Å². The molecule has 0 aliphatic heterocycles. The third-order valence-corrected chi connectivity index (χ3v) is 7.23. The molecule has 240 valence electrons. The fourth-order valence-electron chi connectivity index (χ4n) is 4.69. The fraction of sp³-hybridized carbons (Fsp3) is 0.229. The number of nitrogens with one attached hydrogen (secondary N) is 3. The first-order valence-electron chi connectivity index (χ1n) is 14.6. The molecule has 11 heteroatoms. The molecule has 0 aliphatic carbocycles. The van der Waals surface area contributed by atoms with E-state index in [1.165, 1.54) is 24.3 Å². The van der Waals surface area contributed by atoms with E-state index >= 15 is 0 Å². The molecule has 2 atom stereocenters. The zero-order valence-electron chi connectivity index (χ0n) is 24.9. The molecule has 0 unspecified atom stereocenters. The minimum atomic E-state index is -4.50. The van der Waals surface area contributed by atoms with Crippen LogP contribution in [-0.2, 0) is 22.7 Å². The molecule has 0 spiro atoms. The van der Waals surface area contributed by atoms with Crippen LogP contribution in [0.3, 0.4) is 0 Å². The Kier molecular flexibility index (Phi) is 11.9. The van der Waals surface area contributed by atoms with Crippen LogP contribution in [0.5, 0.6) is 5.75 Å². The van der Waals surface area contributed by atoms with E-state index in [1.807, 2.05) is 30.3 Å². The average Bonchev–Trinajstić information content (AvgIpc) is 3.07. The summed E-state index contributed by atoms with van der Waals surface area (Å²) in [6.45, 7) is -0.918. The van der Waals surface area contributed by atoms with Gasteiger partial charge in [0.2, 0.25) is 11.8 Å². The molecule has 8 nitrogen and oxygen atoms in total. The minimum absolute atomic E-state index is 0.0213. The Labute approximate surface area is 265 Å². The standard InChI is InChI=1S/C35H35F3N4O4/c36-35(37,38)23-46-29-17-15-27(16-18-29)31(21-41-32(43)28-9-5-2-6-10-28)34(45)42-22-30(26-7-3-1-4-8-26)33(44)40-20-25-13-11-24(19-39)12-14-25/h1-18,30-31H,19-23,39H2,(H,40,44)(H,41,43)(H,42,45)/t30-,31+/m0/s1. The van der Waals surface area contributed by atoms with Crippen LogP contribution in [0.25, 0.3) is 0 Å². The molecule has 0 aliphatic rings. The second-order valence-electron chi connectivity index (χ2n) is 10.5. The van der Waals surface area contributed by atoms with Gasteiger partial charge in [-0.05, 0) is 46.5 Å². The van der Waals surface area contributed by atoms with Gasteiger partial charge in [0.05, 0.1) is 11.8 Å². The zero-order valence-corrected chi connectivity index (χ0v) is 24.9. The largest absolute Gasteiger partial charge is 0.484 e. The SMILES string of the molecule is NCc1ccc(CNC(=O)[C@@H](CNC(=O)[C@H](CNC(=O)c2ccccc2)c2ccc(OCC(F)(F)F)cc2)c2ccccc2)cc1. The molecule has 0 saturated heterocycles. The Bertz CT molecular complexity index is 1570. The number of hydrogen-bond donors (Lipinski definition) is 4. The highest BCUT2D eigenvalue weighted by molar-refractivity contribution is 5.95. The van der Waals surface area contributed by atoms with E-state index in [4.69, 9.17) is 10.5 Å². The van der Waals surface area contributed by atoms with Gasteiger partial charge in [-0.15, -0.1) is 0 Å². The van der Waals surface area contributed by atoms with Crippen LogP contribution in [0.4, 0.5) is 13.2 Å². The van der Waals surface area contributed by atoms with Gasteiger partial charge in [0.15, 0.2) is 6.61 Å². The van der Waals surface area contributed by atoms with Gasteiger partial charge in [-0.2, -0.15) is 13.2 Å². The van der Waals surface area contributed by atoms with Gasteiger partial charge in [0.25, 0.3) is 5.91 Å². The van der Waals surface area contributed by atoms with Crippen LogP contribution < -0.4 is 26.4 Å². The molecule has 0 fully saturated rings. The Balaban J connectivity index is 1.48. The van der Waals surface area contributed by atoms with Crippen molar-refractivity contribution in [1.82, 2.24) is 16.0 Å². The summed E-state index contributed by atoms with van der Waals surface area (Å²) in [6.07, 6.45) is -4.50. The second-order valence-corrected chi connectivity index (χ2v) is 10.5. The van der Waals surface area contributed by atoms with Gasteiger partial charge in [-0.25, -0.2) is 0 Å². The molecule has 0 heterocycles. The van der Waals surface area contributed by atoms with Crippen molar-refractivity contribution in [1.29, 1.82) is 0 Å². The summed E-state index contributed by atoms with van der Waals surface area (Å²) in [7, 11) is 0. The van der Waals surface area contributed by atoms with E-state index in [0.29, 0.717) is 23.2 Å². The van der Waals surface area contributed by atoms with Crippen LogP contribution in [0.1, 0.15) is 44.4 Å².